The molecule has 2 aromatic carbocycles. The molecule has 2 atom stereocenters. The minimum absolute atomic E-state index is 0.110. The second kappa shape index (κ2) is 16.6. The summed E-state index contributed by atoms with van der Waals surface area (Å²) in [5.41, 5.74) is -7.26. The van der Waals surface area contributed by atoms with Crippen molar-refractivity contribution in [1.29, 1.82) is 0 Å². The molecule has 0 aliphatic carbocycles. The van der Waals surface area contributed by atoms with Crippen molar-refractivity contribution in [3.05, 3.63) is 91.1 Å². The van der Waals surface area contributed by atoms with Crippen molar-refractivity contribution < 1.29 is 53.8 Å². The standard InChI is InChI=1S/C38H42F9N3O4/c1-7-54-30(52)17-27(32-34(40)24(15-26(35(32)41)38(45,46)47)31-20(4)14-21(5)33(39)22(31)6)48-36(53)28(13-19(2)3)50-18-23(9-12-49-10-8-11-49)25(16-29(50)51)37(42,43)44/h14-16,18-19,27-28H,7-13,17H2,1-6H3,(H,48,53)/t27-,28?/m0/s1. The maximum Gasteiger partial charge on any atom is 0.419 e. The van der Waals surface area contributed by atoms with Crippen LogP contribution in [0.25, 0.3) is 11.1 Å². The van der Waals surface area contributed by atoms with Crippen LogP contribution in [0.4, 0.5) is 39.5 Å². The van der Waals surface area contributed by atoms with Gasteiger partial charge in [-0.05, 0) is 99.8 Å². The Bertz CT molecular complexity index is 1950. The van der Waals surface area contributed by atoms with E-state index < -0.39 is 93.9 Å². The van der Waals surface area contributed by atoms with Crippen LogP contribution in [-0.2, 0) is 33.1 Å². The predicted octanol–water partition coefficient (Wildman–Crippen LogP) is 8.54. The van der Waals surface area contributed by atoms with E-state index >= 15 is 13.2 Å². The quantitative estimate of drug-likeness (QED) is 0.139. The molecule has 0 spiro atoms. The number of likely N-dealkylation sites (tertiary alicyclic amines) is 1. The normalized spacial score (nSPS) is 14.9. The summed E-state index contributed by atoms with van der Waals surface area (Å²) in [6.07, 6.45) is -10.0. The summed E-state index contributed by atoms with van der Waals surface area (Å²) >= 11 is 0. The van der Waals surface area contributed by atoms with Gasteiger partial charge in [0.15, 0.2) is 0 Å². The van der Waals surface area contributed by atoms with Gasteiger partial charge in [-0.1, -0.05) is 19.9 Å². The molecule has 1 aromatic heterocycles. The van der Waals surface area contributed by atoms with E-state index in [4.69, 9.17) is 4.74 Å². The highest BCUT2D eigenvalue weighted by atomic mass is 19.4. The fraction of sp³-hybridized carbons (Fsp3) is 0.500. The van der Waals surface area contributed by atoms with Crippen LogP contribution in [0.5, 0.6) is 0 Å². The Morgan fingerprint density at radius 1 is 0.889 bits per heavy atom. The number of halogens is 9. The Labute approximate surface area is 306 Å². The molecule has 7 nitrogen and oxygen atoms in total. The first-order valence-electron chi connectivity index (χ1n) is 17.4. The largest absolute Gasteiger partial charge is 0.466 e. The van der Waals surface area contributed by atoms with E-state index in [-0.39, 0.29) is 59.9 Å². The van der Waals surface area contributed by atoms with Gasteiger partial charge in [0.2, 0.25) is 5.91 Å². The highest BCUT2D eigenvalue weighted by Crippen LogP contribution is 2.43. The van der Waals surface area contributed by atoms with Gasteiger partial charge in [0.05, 0.1) is 30.2 Å². The smallest absolute Gasteiger partial charge is 0.419 e. The molecular weight excluding hydrogens is 733 g/mol. The maximum absolute atomic E-state index is 16.7. The number of benzene rings is 2. The zero-order chi connectivity index (χ0) is 40.4. The third kappa shape index (κ3) is 9.29. The fourth-order valence-corrected chi connectivity index (χ4v) is 6.78. The van der Waals surface area contributed by atoms with E-state index in [1.165, 1.54) is 33.8 Å². The number of rotatable bonds is 13. The van der Waals surface area contributed by atoms with E-state index in [2.05, 4.69) is 5.32 Å². The average molecular weight is 776 g/mol. The third-order valence-electron chi connectivity index (χ3n) is 9.48. The van der Waals surface area contributed by atoms with Crippen LogP contribution in [0.1, 0.15) is 91.1 Å². The predicted molar refractivity (Wildman–Crippen MR) is 182 cm³/mol. The highest BCUT2D eigenvalue weighted by molar-refractivity contribution is 5.82. The second-order valence-electron chi connectivity index (χ2n) is 14.0. The van der Waals surface area contributed by atoms with Crippen LogP contribution < -0.4 is 10.9 Å². The van der Waals surface area contributed by atoms with Crippen molar-refractivity contribution in [2.45, 2.75) is 91.7 Å². The van der Waals surface area contributed by atoms with Gasteiger partial charge in [-0.25, -0.2) is 13.2 Å². The third-order valence-corrected chi connectivity index (χ3v) is 9.48. The number of hydrogen-bond acceptors (Lipinski definition) is 5. The van der Waals surface area contributed by atoms with Crippen molar-refractivity contribution in [3.8, 4) is 11.1 Å². The molecule has 1 N–H and O–H groups in total. The summed E-state index contributed by atoms with van der Waals surface area (Å²) < 4.78 is 139. The Morgan fingerprint density at radius 2 is 1.52 bits per heavy atom. The molecule has 0 radical (unpaired) electrons. The summed E-state index contributed by atoms with van der Waals surface area (Å²) in [4.78, 5) is 42.1. The van der Waals surface area contributed by atoms with Crippen LogP contribution in [-0.4, -0.2) is 47.6 Å². The zero-order valence-electron chi connectivity index (χ0n) is 30.6. The number of alkyl halides is 6. The Balaban J connectivity index is 1.93. The van der Waals surface area contributed by atoms with Crippen LogP contribution in [0.3, 0.4) is 0 Å². The highest BCUT2D eigenvalue weighted by Gasteiger charge is 2.41. The molecule has 54 heavy (non-hydrogen) atoms. The first-order valence-corrected chi connectivity index (χ1v) is 17.4. The van der Waals surface area contributed by atoms with Crippen LogP contribution in [0.2, 0.25) is 0 Å². The number of amides is 1. The van der Waals surface area contributed by atoms with E-state index in [1.54, 1.807) is 13.8 Å². The van der Waals surface area contributed by atoms with Crippen molar-refractivity contribution in [2.75, 3.05) is 26.2 Å². The number of aromatic nitrogens is 1. The molecule has 296 valence electrons. The molecule has 0 bridgehead atoms. The first kappa shape index (κ1) is 42.4. The number of esters is 1. The molecule has 0 saturated carbocycles. The number of carbonyl (C=O) groups excluding carboxylic acids is 2. The topological polar surface area (TPSA) is 80.6 Å². The lowest BCUT2D eigenvalue weighted by Crippen LogP contribution is -2.41. The molecule has 4 rings (SSSR count). The van der Waals surface area contributed by atoms with Crippen molar-refractivity contribution in [3.63, 3.8) is 0 Å². The molecule has 1 aliphatic rings. The monoisotopic (exact) mass is 775 g/mol. The van der Waals surface area contributed by atoms with Gasteiger partial charge in [-0.15, -0.1) is 0 Å². The summed E-state index contributed by atoms with van der Waals surface area (Å²) in [5, 5.41) is 2.22. The second-order valence-corrected chi connectivity index (χ2v) is 14.0. The van der Waals surface area contributed by atoms with Gasteiger partial charge in [0.1, 0.15) is 23.5 Å². The maximum atomic E-state index is 16.7. The lowest BCUT2D eigenvalue weighted by Gasteiger charge is -2.31. The molecule has 1 fully saturated rings. The lowest BCUT2D eigenvalue weighted by atomic mass is 9.88. The number of ether oxygens (including phenoxy) is 1. The number of hydrogen-bond donors (Lipinski definition) is 1. The fourth-order valence-electron chi connectivity index (χ4n) is 6.78. The first-order chi connectivity index (χ1) is 25.1. The number of aryl methyl sites for hydroxylation is 2. The summed E-state index contributed by atoms with van der Waals surface area (Å²) in [7, 11) is 0. The van der Waals surface area contributed by atoms with Crippen LogP contribution >= 0.6 is 0 Å². The average Bonchev–Trinajstić information content (AvgIpc) is 3.02. The van der Waals surface area contributed by atoms with E-state index in [0.717, 1.165) is 17.2 Å². The molecule has 2 heterocycles. The summed E-state index contributed by atoms with van der Waals surface area (Å²) in [6.45, 7) is 9.94. The number of pyridine rings is 1. The van der Waals surface area contributed by atoms with Crippen molar-refractivity contribution >= 4 is 11.9 Å². The van der Waals surface area contributed by atoms with E-state index in [1.807, 2.05) is 4.90 Å². The van der Waals surface area contributed by atoms with E-state index in [0.29, 0.717) is 19.2 Å². The molecule has 1 aliphatic heterocycles. The van der Waals surface area contributed by atoms with Gasteiger partial charge < -0.3 is 19.5 Å². The number of nitrogens with zero attached hydrogens (tertiary/aromatic N) is 2. The van der Waals surface area contributed by atoms with Crippen LogP contribution in [0, 0.1) is 44.1 Å². The molecule has 1 amide bonds. The minimum atomic E-state index is -5.44. The summed E-state index contributed by atoms with van der Waals surface area (Å²) in [6, 6.07) is -2.03. The Morgan fingerprint density at radius 3 is 2.06 bits per heavy atom. The molecule has 3 aromatic rings. The SMILES string of the molecule is CCOC(=O)C[C@H](NC(=O)C(CC(C)C)n1cc(CCN2CCC2)c(C(F)(F)F)cc1=O)c1c(F)c(-c2c(C)cc(C)c(F)c2C)cc(C(F)(F)F)c1F. The van der Waals surface area contributed by atoms with Gasteiger partial charge >= 0.3 is 18.3 Å². The molecule has 1 saturated heterocycles. The zero-order valence-corrected chi connectivity index (χ0v) is 30.6. The van der Waals surface area contributed by atoms with Crippen molar-refractivity contribution in [2.24, 2.45) is 5.92 Å². The number of carbonyl (C=O) groups is 2. The van der Waals surface area contributed by atoms with Gasteiger partial charge in [-0.2, -0.15) is 26.3 Å². The lowest BCUT2D eigenvalue weighted by molar-refractivity contribution is -0.144. The Kier molecular flexibility index (Phi) is 13.0. The van der Waals surface area contributed by atoms with Gasteiger partial charge in [0.25, 0.3) is 5.56 Å². The molecule has 16 heteroatoms. The van der Waals surface area contributed by atoms with Gasteiger partial charge in [-0.3, -0.25) is 14.4 Å². The molecular formula is C38H42F9N3O4. The van der Waals surface area contributed by atoms with Crippen LogP contribution in [0.15, 0.2) is 29.2 Å². The van der Waals surface area contributed by atoms with Crippen molar-refractivity contribution in [1.82, 2.24) is 14.8 Å². The molecule has 1 unspecified atom stereocenters. The van der Waals surface area contributed by atoms with Gasteiger partial charge in [0, 0.05) is 29.9 Å². The van der Waals surface area contributed by atoms with E-state index in [9.17, 15) is 40.7 Å². The minimum Gasteiger partial charge on any atom is -0.466 e. The summed E-state index contributed by atoms with van der Waals surface area (Å²) in [5.74, 6) is -7.46. The number of nitrogens with one attached hydrogen (secondary N) is 1. The Hall–Kier alpha value is -4.34.